The van der Waals surface area contributed by atoms with Gasteiger partial charge in [0.15, 0.2) is 7.38 Å². The standard InChI is InChI=1S/C12H27ClSi/c1-8-12(6,7)14(13,11(4)5)9-10(2)3/h10-11H,8-9H2,1-7H3. The molecule has 14 heavy (non-hydrogen) atoms. The van der Waals surface area contributed by atoms with Crippen LogP contribution < -0.4 is 0 Å². The number of halogens is 1. The van der Waals surface area contributed by atoms with Crippen LogP contribution in [-0.2, 0) is 0 Å². The lowest BCUT2D eigenvalue weighted by Gasteiger charge is -2.43. The molecule has 0 saturated heterocycles. The van der Waals surface area contributed by atoms with E-state index in [0.29, 0.717) is 10.6 Å². The molecule has 0 aromatic carbocycles. The SMILES string of the molecule is CCC(C)(C)[Si](Cl)(CC(C)C)C(C)C. The molecule has 1 unspecified atom stereocenters. The Kier molecular flexibility index (Phi) is 5.21. The van der Waals surface area contributed by atoms with Gasteiger partial charge in [-0.3, -0.25) is 0 Å². The summed E-state index contributed by atoms with van der Waals surface area (Å²) in [4.78, 5) is 0. The van der Waals surface area contributed by atoms with Crippen molar-refractivity contribution >= 4 is 18.5 Å². The Balaban J connectivity index is 4.89. The highest BCUT2D eigenvalue weighted by atomic mass is 35.6. The summed E-state index contributed by atoms with van der Waals surface area (Å²) in [6.07, 6.45) is 1.20. The lowest BCUT2D eigenvalue weighted by molar-refractivity contribution is 0.587. The second-order valence-electron chi connectivity index (χ2n) is 5.85. The van der Waals surface area contributed by atoms with Crippen molar-refractivity contribution in [3.63, 3.8) is 0 Å². The largest absolute Gasteiger partial charge is 0.166 e. The summed E-state index contributed by atoms with van der Waals surface area (Å²) in [6, 6.07) is 1.24. The molecule has 2 heteroatoms. The Morgan fingerprint density at radius 3 is 1.79 bits per heavy atom. The molecule has 0 spiro atoms. The topological polar surface area (TPSA) is 0 Å². The van der Waals surface area contributed by atoms with Crippen molar-refractivity contribution < 1.29 is 0 Å². The number of rotatable bonds is 5. The molecule has 0 saturated carbocycles. The smallest absolute Gasteiger partial charge is 0.164 e. The molecule has 86 valence electrons. The molecule has 0 rings (SSSR count). The Morgan fingerprint density at radius 1 is 1.14 bits per heavy atom. The first-order chi connectivity index (χ1) is 6.17. The van der Waals surface area contributed by atoms with Crippen LogP contribution in [0.5, 0.6) is 0 Å². The molecule has 0 radical (unpaired) electrons. The van der Waals surface area contributed by atoms with E-state index in [1.165, 1.54) is 12.5 Å². The van der Waals surface area contributed by atoms with Crippen LogP contribution in [0, 0.1) is 5.92 Å². The minimum atomic E-state index is -1.65. The summed E-state index contributed by atoms with van der Waals surface area (Å²) < 4.78 is 0. The van der Waals surface area contributed by atoms with Crippen molar-refractivity contribution in [2.24, 2.45) is 5.92 Å². The average molecular weight is 235 g/mol. The lowest BCUT2D eigenvalue weighted by atomic mass is 10.1. The second-order valence-corrected chi connectivity index (χ2v) is 12.5. The monoisotopic (exact) mass is 234 g/mol. The van der Waals surface area contributed by atoms with Crippen LogP contribution in [0.1, 0.15) is 54.9 Å². The summed E-state index contributed by atoms with van der Waals surface area (Å²) in [5, 5.41) is 0.354. The second kappa shape index (κ2) is 5.02. The van der Waals surface area contributed by atoms with Crippen molar-refractivity contribution in [3.8, 4) is 0 Å². The van der Waals surface area contributed by atoms with Gasteiger partial charge in [0.1, 0.15) is 0 Å². The van der Waals surface area contributed by atoms with E-state index < -0.39 is 7.38 Å². The normalized spacial score (nSPS) is 17.6. The molecule has 0 heterocycles. The van der Waals surface area contributed by atoms with Crippen molar-refractivity contribution in [1.29, 1.82) is 0 Å². The van der Waals surface area contributed by atoms with Gasteiger partial charge in [0.2, 0.25) is 0 Å². The first kappa shape index (κ1) is 14.5. The maximum atomic E-state index is 7.00. The van der Waals surface area contributed by atoms with E-state index in [-0.39, 0.29) is 0 Å². The molecular formula is C12H27ClSi. The van der Waals surface area contributed by atoms with Gasteiger partial charge >= 0.3 is 0 Å². The van der Waals surface area contributed by atoms with Gasteiger partial charge in [-0.15, -0.1) is 0 Å². The first-order valence-electron chi connectivity index (χ1n) is 5.86. The highest BCUT2D eigenvalue weighted by Crippen LogP contribution is 2.52. The third-order valence-electron chi connectivity index (χ3n) is 3.63. The van der Waals surface area contributed by atoms with Gasteiger partial charge in [-0.05, 0) is 22.5 Å². The lowest BCUT2D eigenvalue weighted by Crippen LogP contribution is -2.43. The van der Waals surface area contributed by atoms with Gasteiger partial charge in [-0.2, -0.15) is 11.1 Å². The van der Waals surface area contributed by atoms with E-state index in [1.54, 1.807) is 0 Å². The van der Waals surface area contributed by atoms with Crippen LogP contribution in [0.3, 0.4) is 0 Å². The quantitative estimate of drug-likeness (QED) is 0.440. The van der Waals surface area contributed by atoms with Gasteiger partial charge < -0.3 is 0 Å². The summed E-state index contributed by atoms with van der Waals surface area (Å²) in [7, 11) is -1.65. The molecule has 0 aliphatic rings. The van der Waals surface area contributed by atoms with E-state index >= 15 is 0 Å². The first-order valence-corrected chi connectivity index (χ1v) is 9.16. The van der Waals surface area contributed by atoms with Crippen LogP contribution in [-0.4, -0.2) is 7.38 Å². The summed E-state index contributed by atoms with van der Waals surface area (Å²) >= 11 is 7.00. The highest BCUT2D eigenvalue weighted by molar-refractivity contribution is 7.22. The van der Waals surface area contributed by atoms with Crippen LogP contribution in [0.2, 0.25) is 16.6 Å². The van der Waals surface area contributed by atoms with E-state index in [0.717, 1.165) is 5.92 Å². The fourth-order valence-electron chi connectivity index (χ4n) is 2.18. The molecule has 0 fully saturated rings. The zero-order valence-corrected chi connectivity index (χ0v) is 12.7. The molecule has 0 aliphatic heterocycles. The fourth-order valence-corrected chi connectivity index (χ4v) is 7.87. The van der Waals surface area contributed by atoms with Gasteiger partial charge in [-0.1, -0.05) is 54.9 Å². The maximum Gasteiger partial charge on any atom is 0.164 e. The third-order valence-corrected chi connectivity index (χ3v) is 12.8. The van der Waals surface area contributed by atoms with Crippen LogP contribution in [0.15, 0.2) is 0 Å². The maximum absolute atomic E-state index is 7.00. The highest BCUT2D eigenvalue weighted by Gasteiger charge is 2.47. The molecular weight excluding hydrogens is 208 g/mol. The molecule has 0 aromatic heterocycles. The minimum absolute atomic E-state index is 0.354. The molecule has 0 aromatic rings. The van der Waals surface area contributed by atoms with Crippen LogP contribution in [0.4, 0.5) is 0 Å². The summed E-state index contributed by atoms with van der Waals surface area (Å²) in [6.45, 7) is 16.2. The molecule has 0 nitrogen and oxygen atoms in total. The Hall–Kier alpha value is 0.507. The third kappa shape index (κ3) is 3.00. The van der Waals surface area contributed by atoms with Crippen molar-refractivity contribution in [3.05, 3.63) is 0 Å². The summed E-state index contributed by atoms with van der Waals surface area (Å²) in [5.41, 5.74) is 0.668. The van der Waals surface area contributed by atoms with E-state index in [1.807, 2.05) is 0 Å². The zero-order valence-electron chi connectivity index (χ0n) is 10.9. The number of hydrogen-bond acceptors (Lipinski definition) is 0. The predicted octanol–water partition coefficient (Wildman–Crippen LogP) is 5.43. The Labute approximate surface area is 96.1 Å². The van der Waals surface area contributed by atoms with E-state index in [9.17, 15) is 0 Å². The van der Waals surface area contributed by atoms with Crippen molar-refractivity contribution in [1.82, 2.24) is 0 Å². The van der Waals surface area contributed by atoms with Crippen LogP contribution >= 0.6 is 11.1 Å². The molecule has 0 N–H and O–H groups in total. The molecule has 1 atom stereocenters. The van der Waals surface area contributed by atoms with Crippen molar-refractivity contribution in [2.45, 2.75) is 71.5 Å². The minimum Gasteiger partial charge on any atom is -0.166 e. The zero-order chi connectivity index (χ0) is 11.6. The molecule has 0 aliphatic carbocycles. The average Bonchev–Trinajstić information content (AvgIpc) is 2.02. The fraction of sp³-hybridized carbons (Fsp3) is 1.00. The van der Waals surface area contributed by atoms with E-state index in [2.05, 4.69) is 48.5 Å². The van der Waals surface area contributed by atoms with E-state index in [4.69, 9.17) is 11.1 Å². The van der Waals surface area contributed by atoms with Crippen molar-refractivity contribution in [2.75, 3.05) is 0 Å². The predicted molar refractivity (Wildman–Crippen MR) is 70.7 cm³/mol. The number of hydrogen-bond donors (Lipinski definition) is 0. The van der Waals surface area contributed by atoms with Gasteiger partial charge in [0, 0.05) is 0 Å². The Morgan fingerprint density at radius 2 is 1.57 bits per heavy atom. The Bertz CT molecular complexity index is 175. The van der Waals surface area contributed by atoms with Crippen LogP contribution in [0.25, 0.3) is 0 Å². The molecule has 0 amide bonds. The van der Waals surface area contributed by atoms with Gasteiger partial charge in [0.05, 0.1) is 0 Å². The molecule has 0 bridgehead atoms. The van der Waals surface area contributed by atoms with Gasteiger partial charge in [0.25, 0.3) is 0 Å². The summed E-state index contributed by atoms with van der Waals surface area (Å²) in [5.74, 6) is 0.729. The van der Waals surface area contributed by atoms with Gasteiger partial charge in [-0.25, -0.2) is 0 Å².